The Labute approximate surface area is 159 Å². The second-order valence-corrected chi connectivity index (χ2v) is 9.64. The first-order chi connectivity index (χ1) is 11.9. The summed E-state index contributed by atoms with van der Waals surface area (Å²) >= 11 is 0. The molecule has 0 amide bonds. The zero-order valence-electron chi connectivity index (χ0n) is 17.3. The van der Waals surface area contributed by atoms with Crippen LogP contribution in [0.15, 0.2) is 30.3 Å². The highest BCUT2D eigenvalue weighted by Gasteiger charge is 2.39. The molecule has 0 bridgehead atoms. The Balaban J connectivity index is 0.00000261. The van der Waals surface area contributed by atoms with E-state index in [2.05, 4.69) is 85.7 Å². The fourth-order valence-corrected chi connectivity index (χ4v) is 3.52. The average Bonchev–Trinajstić information content (AvgIpc) is 2.83. The van der Waals surface area contributed by atoms with Gasteiger partial charge < -0.3 is 4.74 Å². The molecule has 1 aliphatic heterocycles. The van der Waals surface area contributed by atoms with Gasteiger partial charge in [0.25, 0.3) is 0 Å². The molecule has 0 N–H and O–H groups in total. The zero-order valence-corrected chi connectivity index (χ0v) is 17.3. The van der Waals surface area contributed by atoms with E-state index >= 15 is 0 Å². The monoisotopic (exact) mass is 353 g/mol. The topological polar surface area (TPSA) is 26.3 Å². The van der Waals surface area contributed by atoms with Crippen LogP contribution in [0.4, 0.5) is 0 Å². The number of rotatable bonds is 1. The predicted molar refractivity (Wildman–Crippen MR) is 109 cm³/mol. The first-order valence-electron chi connectivity index (χ1n) is 9.37. The Morgan fingerprint density at radius 3 is 2.08 bits per heavy atom. The SMILES string of the molecule is Cc1ccc(C2C(=O)Oc3c2cc(C(C)(C)C)cc3C(C)(C)C)cc1C.[2HH]. The number of esters is 1. The van der Waals surface area contributed by atoms with Crippen LogP contribution in [-0.2, 0) is 15.6 Å². The summed E-state index contributed by atoms with van der Waals surface area (Å²) in [5.41, 5.74) is 6.73. The minimum atomic E-state index is -0.340. The quantitative estimate of drug-likeness (QED) is 0.451. The van der Waals surface area contributed by atoms with E-state index in [1.165, 1.54) is 16.7 Å². The number of benzene rings is 2. The third-order valence-corrected chi connectivity index (χ3v) is 5.41. The third kappa shape index (κ3) is 3.18. The van der Waals surface area contributed by atoms with Crippen molar-refractivity contribution in [2.45, 2.75) is 72.1 Å². The number of hydrogen-bond donors (Lipinski definition) is 0. The molecule has 0 saturated carbocycles. The fourth-order valence-electron chi connectivity index (χ4n) is 3.52. The van der Waals surface area contributed by atoms with E-state index in [-0.39, 0.29) is 24.1 Å². The van der Waals surface area contributed by atoms with Gasteiger partial charge in [0.1, 0.15) is 11.7 Å². The molecule has 2 nitrogen and oxygen atoms in total. The van der Waals surface area contributed by atoms with E-state index in [4.69, 9.17) is 4.74 Å². The molecule has 0 saturated heterocycles. The smallest absolute Gasteiger partial charge is 0.323 e. The van der Waals surface area contributed by atoms with Crippen molar-refractivity contribution in [1.82, 2.24) is 0 Å². The Morgan fingerprint density at radius 1 is 0.885 bits per heavy atom. The molecular weight excluding hydrogens is 320 g/mol. The maximum Gasteiger partial charge on any atom is 0.323 e. The molecule has 1 heterocycles. The van der Waals surface area contributed by atoms with Crippen molar-refractivity contribution in [1.29, 1.82) is 0 Å². The lowest BCUT2D eigenvalue weighted by Crippen LogP contribution is -2.17. The number of ether oxygens (including phenoxy) is 1. The molecule has 2 aromatic rings. The van der Waals surface area contributed by atoms with Gasteiger partial charge in [-0.05, 0) is 46.9 Å². The molecule has 1 aliphatic rings. The van der Waals surface area contributed by atoms with Crippen LogP contribution >= 0.6 is 0 Å². The van der Waals surface area contributed by atoms with Gasteiger partial charge in [0.05, 0.1) is 0 Å². The molecule has 26 heavy (non-hydrogen) atoms. The minimum Gasteiger partial charge on any atom is -0.425 e. The Kier molecular flexibility index (Phi) is 4.29. The van der Waals surface area contributed by atoms with Crippen molar-refractivity contribution in [3.63, 3.8) is 0 Å². The molecule has 0 aliphatic carbocycles. The summed E-state index contributed by atoms with van der Waals surface area (Å²) in [5.74, 6) is 0.256. The second kappa shape index (κ2) is 5.97. The number of fused-ring (bicyclic) bond motifs is 1. The first-order valence-corrected chi connectivity index (χ1v) is 9.37. The van der Waals surface area contributed by atoms with Crippen LogP contribution in [0.25, 0.3) is 0 Å². The van der Waals surface area contributed by atoms with Gasteiger partial charge in [0, 0.05) is 12.6 Å². The van der Waals surface area contributed by atoms with Crippen LogP contribution in [0, 0.1) is 13.8 Å². The molecule has 2 aromatic carbocycles. The van der Waals surface area contributed by atoms with Crippen molar-refractivity contribution < 1.29 is 11.0 Å². The predicted octanol–water partition coefficient (Wildman–Crippen LogP) is 6.20. The van der Waals surface area contributed by atoms with Gasteiger partial charge in [-0.3, -0.25) is 4.79 Å². The van der Waals surface area contributed by atoms with Crippen molar-refractivity contribution in [3.8, 4) is 5.75 Å². The van der Waals surface area contributed by atoms with Crippen molar-refractivity contribution in [2.75, 3.05) is 0 Å². The highest BCUT2D eigenvalue weighted by molar-refractivity contribution is 5.90. The van der Waals surface area contributed by atoms with Crippen LogP contribution in [0.2, 0.25) is 0 Å². The number of carbonyl (C=O) groups excluding carboxylic acids is 1. The second-order valence-electron chi connectivity index (χ2n) is 9.64. The molecule has 0 spiro atoms. The Morgan fingerprint density at radius 2 is 1.54 bits per heavy atom. The van der Waals surface area contributed by atoms with E-state index < -0.39 is 0 Å². The zero-order chi connectivity index (χ0) is 19.4. The van der Waals surface area contributed by atoms with Crippen LogP contribution in [0.1, 0.15) is 82.3 Å². The van der Waals surface area contributed by atoms with E-state index in [0.29, 0.717) is 0 Å². The van der Waals surface area contributed by atoms with Gasteiger partial charge >= 0.3 is 5.97 Å². The van der Waals surface area contributed by atoms with Crippen molar-refractivity contribution in [3.05, 3.63) is 63.7 Å². The van der Waals surface area contributed by atoms with Gasteiger partial charge in [0.2, 0.25) is 0 Å². The van der Waals surface area contributed by atoms with Gasteiger partial charge in [-0.1, -0.05) is 71.9 Å². The van der Waals surface area contributed by atoms with E-state index in [1.54, 1.807) is 0 Å². The minimum absolute atomic E-state index is 0. The van der Waals surface area contributed by atoms with Gasteiger partial charge in [0.15, 0.2) is 0 Å². The summed E-state index contributed by atoms with van der Waals surface area (Å²) in [4.78, 5) is 12.8. The lowest BCUT2D eigenvalue weighted by molar-refractivity contribution is -0.133. The highest BCUT2D eigenvalue weighted by atomic mass is 16.5. The Bertz CT molecular complexity index is 882. The maximum absolute atomic E-state index is 12.8. The van der Waals surface area contributed by atoms with E-state index in [9.17, 15) is 4.79 Å². The number of carbonyl (C=O) groups is 1. The molecule has 1 unspecified atom stereocenters. The molecule has 0 aromatic heterocycles. The summed E-state index contributed by atoms with van der Waals surface area (Å²) in [5, 5.41) is 0. The number of aryl methyl sites for hydroxylation is 2. The largest absolute Gasteiger partial charge is 0.425 e. The molecule has 1 atom stereocenters. The summed E-state index contributed by atoms with van der Waals surface area (Å²) in [6.45, 7) is 17.3. The van der Waals surface area contributed by atoms with Gasteiger partial charge in [-0.15, -0.1) is 0 Å². The molecular formula is C24H32O2. The molecule has 2 heteroatoms. The summed E-state index contributed by atoms with van der Waals surface area (Å²) < 4.78 is 5.83. The average molecular weight is 354 g/mol. The van der Waals surface area contributed by atoms with E-state index in [0.717, 1.165) is 22.4 Å². The van der Waals surface area contributed by atoms with Crippen molar-refractivity contribution >= 4 is 5.97 Å². The summed E-state index contributed by atoms with van der Waals surface area (Å²) in [7, 11) is 0. The molecule has 140 valence electrons. The van der Waals surface area contributed by atoms with Gasteiger partial charge in [-0.25, -0.2) is 0 Å². The van der Waals surface area contributed by atoms with Crippen molar-refractivity contribution in [2.24, 2.45) is 0 Å². The molecule has 0 radical (unpaired) electrons. The van der Waals surface area contributed by atoms with Gasteiger partial charge in [-0.2, -0.15) is 0 Å². The lowest BCUT2D eigenvalue weighted by Gasteiger charge is -2.27. The standard InChI is InChI=1S/C24H30O2.H2/c1-14-9-10-16(11-15(14)2)20-18-12-17(23(3,4)5)13-19(24(6,7)8)21(18)26-22(20)25;/h9-13,20H,1-8H3;1H/i;1+1. The van der Waals surface area contributed by atoms with Crippen LogP contribution in [0.3, 0.4) is 0 Å². The van der Waals surface area contributed by atoms with Crippen LogP contribution < -0.4 is 4.74 Å². The molecule has 3 rings (SSSR count). The fraction of sp³-hybridized carbons (Fsp3) is 0.458. The normalized spacial score (nSPS) is 17.2. The maximum atomic E-state index is 12.8. The highest BCUT2D eigenvalue weighted by Crippen LogP contribution is 2.47. The van der Waals surface area contributed by atoms with Crippen LogP contribution in [0.5, 0.6) is 5.75 Å². The van der Waals surface area contributed by atoms with E-state index in [1.807, 2.05) is 0 Å². The van der Waals surface area contributed by atoms with Crippen LogP contribution in [-0.4, -0.2) is 5.97 Å². The summed E-state index contributed by atoms with van der Waals surface area (Å²) in [6.07, 6.45) is 0. The molecule has 0 fully saturated rings. The summed E-state index contributed by atoms with van der Waals surface area (Å²) in [6, 6.07) is 10.7. The third-order valence-electron chi connectivity index (χ3n) is 5.41. The first kappa shape index (κ1) is 18.7. The number of hydrogen-bond acceptors (Lipinski definition) is 2. The lowest BCUT2D eigenvalue weighted by atomic mass is 9.77. The Hall–Kier alpha value is -2.09.